The number of ketones is 1. The van der Waals surface area contributed by atoms with Crippen LogP contribution in [0.4, 0.5) is 0 Å². The number of carbonyl (C=O) groups is 3. The van der Waals surface area contributed by atoms with Crippen molar-refractivity contribution in [1.29, 1.82) is 0 Å². The van der Waals surface area contributed by atoms with Crippen LogP contribution in [-0.4, -0.2) is 73.5 Å². The SMILES string of the molecule is CC[C@H](O)[C@@H]1C(=O)N2C(C(=O)O)=C(S[C@H]3CCN(C4CCc5ccccc5C4=O)C3)S[C@H]12. The molecule has 0 radical (unpaired) electrons. The molecule has 4 aliphatic rings. The highest BCUT2D eigenvalue weighted by molar-refractivity contribution is 8.23. The minimum absolute atomic E-state index is 0.0515. The van der Waals surface area contributed by atoms with Crippen molar-refractivity contribution in [2.75, 3.05) is 13.1 Å². The van der Waals surface area contributed by atoms with E-state index in [4.69, 9.17) is 0 Å². The predicted octanol–water partition coefficient (Wildman–Crippen LogP) is 2.55. The largest absolute Gasteiger partial charge is 0.477 e. The number of rotatable bonds is 6. The Balaban J connectivity index is 1.27. The first kappa shape index (κ1) is 22.0. The molecule has 2 N–H and O–H groups in total. The number of aliphatic hydroxyl groups is 1. The smallest absolute Gasteiger partial charge is 0.354 e. The molecule has 1 aromatic carbocycles. The number of aryl methyl sites for hydroxylation is 1. The van der Waals surface area contributed by atoms with Gasteiger partial charge in [0.15, 0.2) is 11.5 Å². The molecule has 170 valence electrons. The fourth-order valence-corrected chi connectivity index (χ4v) is 8.50. The number of aliphatic hydroxyl groups excluding tert-OH is 1. The van der Waals surface area contributed by atoms with Crippen LogP contribution in [0.25, 0.3) is 0 Å². The molecule has 0 saturated carbocycles. The number of nitrogens with zero attached hydrogens (tertiary/aromatic N) is 2. The van der Waals surface area contributed by atoms with Crippen LogP contribution in [0.2, 0.25) is 0 Å². The Morgan fingerprint density at radius 2 is 2.06 bits per heavy atom. The summed E-state index contributed by atoms with van der Waals surface area (Å²) in [5.41, 5.74) is 2.00. The maximum absolute atomic E-state index is 13.0. The molecule has 2 saturated heterocycles. The van der Waals surface area contributed by atoms with Gasteiger partial charge in [-0.25, -0.2) is 4.79 Å². The van der Waals surface area contributed by atoms with Gasteiger partial charge in [0.25, 0.3) is 0 Å². The minimum atomic E-state index is -1.10. The van der Waals surface area contributed by atoms with Gasteiger partial charge in [0.05, 0.1) is 22.3 Å². The number of β-lactam (4-membered cyclic amide) rings is 1. The highest BCUT2D eigenvalue weighted by Gasteiger charge is 2.58. The fourth-order valence-electron chi connectivity index (χ4n) is 5.21. The number of aliphatic carboxylic acids is 1. The maximum atomic E-state index is 13.0. The molecule has 1 aromatic rings. The molecule has 9 heteroatoms. The standard InChI is InChI=1S/C23H26N2O5S2/c1-2-16(26)17-20(28)25-18(22(29)30)23(32-21(17)25)31-13-9-10-24(11-13)15-8-7-12-5-3-4-6-14(12)19(15)27/h3-6,13,15-17,21,26H,2,7-11H2,1H3,(H,29,30)/t13-,15?,16-,17+,21+/m0/s1. The van der Waals surface area contributed by atoms with E-state index in [1.54, 1.807) is 0 Å². The summed E-state index contributed by atoms with van der Waals surface area (Å²) in [6, 6.07) is 7.70. The third-order valence-corrected chi connectivity index (χ3v) is 9.80. The third kappa shape index (κ3) is 3.50. The topological polar surface area (TPSA) is 98.2 Å². The molecule has 5 atom stereocenters. The first-order chi connectivity index (χ1) is 15.4. The van der Waals surface area contributed by atoms with Gasteiger partial charge in [-0.15, -0.1) is 11.8 Å². The summed E-state index contributed by atoms with van der Waals surface area (Å²) >= 11 is 2.90. The number of likely N-dealkylation sites (tertiary alicyclic amines) is 1. The summed E-state index contributed by atoms with van der Waals surface area (Å²) in [6.07, 6.45) is 2.28. The van der Waals surface area contributed by atoms with E-state index in [1.807, 2.05) is 31.2 Å². The molecule has 32 heavy (non-hydrogen) atoms. The molecular formula is C23H26N2O5S2. The van der Waals surface area contributed by atoms with E-state index in [-0.39, 0.29) is 34.1 Å². The van der Waals surface area contributed by atoms with E-state index < -0.39 is 18.0 Å². The van der Waals surface area contributed by atoms with Crippen molar-refractivity contribution in [3.05, 3.63) is 45.3 Å². The summed E-state index contributed by atoms with van der Waals surface area (Å²) < 4.78 is 0.647. The molecule has 3 aliphatic heterocycles. The van der Waals surface area contributed by atoms with Gasteiger partial charge in [-0.1, -0.05) is 43.0 Å². The molecule has 1 aliphatic carbocycles. The van der Waals surface area contributed by atoms with E-state index in [0.717, 1.165) is 43.5 Å². The summed E-state index contributed by atoms with van der Waals surface area (Å²) in [5, 5.41) is 19.8. The lowest BCUT2D eigenvalue weighted by Gasteiger charge is -2.44. The number of carbonyl (C=O) groups excluding carboxylic acids is 2. The lowest BCUT2D eigenvalue weighted by molar-refractivity contribution is -0.157. The van der Waals surface area contributed by atoms with Crippen LogP contribution in [0, 0.1) is 5.92 Å². The van der Waals surface area contributed by atoms with Crippen LogP contribution in [0.15, 0.2) is 34.2 Å². The van der Waals surface area contributed by atoms with Crippen LogP contribution >= 0.6 is 23.5 Å². The molecule has 1 unspecified atom stereocenters. The molecule has 7 nitrogen and oxygen atoms in total. The Kier molecular flexibility index (Phi) is 5.86. The average molecular weight is 475 g/mol. The second kappa shape index (κ2) is 8.52. The quantitative estimate of drug-likeness (QED) is 0.607. The number of Topliss-reactive ketones (excluding diaryl/α,β-unsaturated/α-hetero) is 1. The van der Waals surface area contributed by atoms with Gasteiger partial charge >= 0.3 is 5.97 Å². The maximum Gasteiger partial charge on any atom is 0.354 e. The summed E-state index contributed by atoms with van der Waals surface area (Å²) in [5.74, 6) is -1.76. The van der Waals surface area contributed by atoms with E-state index >= 15 is 0 Å². The Morgan fingerprint density at radius 1 is 1.28 bits per heavy atom. The van der Waals surface area contributed by atoms with Gasteiger partial charge in [0.2, 0.25) is 5.91 Å². The van der Waals surface area contributed by atoms with Crippen LogP contribution in [0.1, 0.15) is 42.1 Å². The van der Waals surface area contributed by atoms with Crippen molar-refractivity contribution < 1.29 is 24.6 Å². The van der Waals surface area contributed by atoms with Gasteiger partial charge in [-0.3, -0.25) is 19.4 Å². The molecule has 0 aromatic heterocycles. The number of hydrogen-bond donors (Lipinski definition) is 2. The predicted molar refractivity (Wildman–Crippen MR) is 123 cm³/mol. The lowest BCUT2D eigenvalue weighted by Crippen LogP contribution is -2.61. The average Bonchev–Trinajstić information content (AvgIpc) is 3.37. The number of fused-ring (bicyclic) bond motifs is 2. The van der Waals surface area contributed by atoms with Crippen molar-refractivity contribution in [2.45, 2.75) is 55.4 Å². The van der Waals surface area contributed by atoms with Crippen LogP contribution < -0.4 is 0 Å². The van der Waals surface area contributed by atoms with Gasteiger partial charge in [-0.2, -0.15) is 0 Å². The summed E-state index contributed by atoms with van der Waals surface area (Å²) in [7, 11) is 0. The Hall–Kier alpha value is -1.81. The van der Waals surface area contributed by atoms with Gasteiger partial charge in [0, 0.05) is 23.9 Å². The molecule has 2 fully saturated rings. The van der Waals surface area contributed by atoms with Crippen LogP contribution in [-0.2, 0) is 16.0 Å². The zero-order chi connectivity index (χ0) is 22.6. The Bertz CT molecular complexity index is 1010. The molecule has 5 rings (SSSR count). The van der Waals surface area contributed by atoms with Crippen molar-refractivity contribution in [3.8, 4) is 0 Å². The highest BCUT2D eigenvalue weighted by Crippen LogP contribution is 2.55. The number of carboxylic acids is 1. The first-order valence-electron chi connectivity index (χ1n) is 11.1. The summed E-state index contributed by atoms with van der Waals surface area (Å²) in [4.78, 5) is 41.1. The third-order valence-electron chi connectivity index (χ3n) is 6.95. The monoisotopic (exact) mass is 474 g/mol. The lowest BCUT2D eigenvalue weighted by atomic mass is 9.86. The minimum Gasteiger partial charge on any atom is -0.477 e. The van der Waals surface area contributed by atoms with Gasteiger partial charge in [0.1, 0.15) is 5.37 Å². The highest BCUT2D eigenvalue weighted by atomic mass is 32.2. The van der Waals surface area contributed by atoms with Crippen LogP contribution in [0.5, 0.6) is 0 Å². The number of carboxylic acid groups (broad SMARTS) is 1. The van der Waals surface area contributed by atoms with Gasteiger partial charge < -0.3 is 10.2 Å². The van der Waals surface area contributed by atoms with E-state index in [1.165, 1.54) is 28.4 Å². The second-order valence-corrected chi connectivity index (χ2v) is 11.5. The number of benzene rings is 1. The molecule has 3 heterocycles. The number of hydrogen-bond acceptors (Lipinski definition) is 7. The van der Waals surface area contributed by atoms with E-state index in [0.29, 0.717) is 10.7 Å². The first-order valence-corrected chi connectivity index (χ1v) is 12.8. The van der Waals surface area contributed by atoms with E-state index in [9.17, 15) is 24.6 Å². The second-order valence-electron chi connectivity index (χ2n) is 8.76. The Morgan fingerprint density at radius 3 is 2.81 bits per heavy atom. The van der Waals surface area contributed by atoms with Crippen molar-refractivity contribution in [1.82, 2.24) is 9.80 Å². The molecular weight excluding hydrogens is 448 g/mol. The number of amides is 1. The van der Waals surface area contributed by atoms with Crippen LogP contribution in [0.3, 0.4) is 0 Å². The summed E-state index contributed by atoms with van der Waals surface area (Å²) in [6.45, 7) is 3.35. The van der Waals surface area contributed by atoms with Crippen molar-refractivity contribution in [2.24, 2.45) is 5.92 Å². The van der Waals surface area contributed by atoms with Crippen molar-refractivity contribution >= 4 is 41.2 Å². The fraction of sp³-hybridized carbons (Fsp3) is 0.522. The normalized spacial score (nSPS) is 30.9. The van der Waals surface area contributed by atoms with Crippen molar-refractivity contribution in [3.63, 3.8) is 0 Å². The zero-order valence-electron chi connectivity index (χ0n) is 17.8. The molecule has 1 amide bonds. The van der Waals surface area contributed by atoms with E-state index in [2.05, 4.69) is 4.90 Å². The Labute approximate surface area is 195 Å². The van der Waals surface area contributed by atoms with Gasteiger partial charge in [-0.05, 0) is 31.2 Å². The molecule has 0 spiro atoms. The zero-order valence-corrected chi connectivity index (χ0v) is 19.4. The number of thioether (sulfide) groups is 2. The molecule has 0 bridgehead atoms.